The zero-order valence-electron chi connectivity index (χ0n) is 9.87. The summed E-state index contributed by atoms with van der Waals surface area (Å²) in [5.41, 5.74) is 1.02. The van der Waals surface area contributed by atoms with Gasteiger partial charge in [-0.1, -0.05) is 29.0 Å². The van der Waals surface area contributed by atoms with Crippen LogP contribution in [0.2, 0.25) is 4.34 Å². The molecule has 0 aliphatic heterocycles. The highest BCUT2D eigenvalue weighted by atomic mass is 35.5. The van der Waals surface area contributed by atoms with Crippen molar-refractivity contribution < 1.29 is 0 Å². The van der Waals surface area contributed by atoms with E-state index in [2.05, 4.69) is 15.1 Å². The van der Waals surface area contributed by atoms with Gasteiger partial charge in [0.05, 0.1) is 5.56 Å². The first-order valence-electron chi connectivity index (χ1n) is 5.48. The fraction of sp³-hybridized carbons (Fsp3) is 0. The van der Waals surface area contributed by atoms with E-state index in [9.17, 15) is 4.79 Å². The van der Waals surface area contributed by atoms with Crippen molar-refractivity contribution in [3.8, 4) is 22.3 Å². The van der Waals surface area contributed by atoms with E-state index in [1.807, 2.05) is 6.07 Å². The summed E-state index contributed by atoms with van der Waals surface area (Å²) in [6.45, 7) is 0. The minimum Gasteiger partial charge on any atom is -0.295 e. The SMILES string of the molecule is N#Cc1nc(-n2[nH]cc(-c3cccnc3)c2=O)sc1Cl. The van der Waals surface area contributed by atoms with Crippen LogP contribution in [0.5, 0.6) is 0 Å². The summed E-state index contributed by atoms with van der Waals surface area (Å²) in [5, 5.41) is 12.0. The second-order valence-corrected chi connectivity index (χ2v) is 5.38. The molecule has 0 bridgehead atoms. The fourth-order valence-corrected chi connectivity index (χ4v) is 2.70. The topological polar surface area (TPSA) is 87.4 Å². The van der Waals surface area contributed by atoms with E-state index in [1.165, 1.54) is 4.68 Å². The average Bonchev–Trinajstić information content (AvgIpc) is 3.02. The Hall–Kier alpha value is -2.43. The molecule has 98 valence electrons. The maximum absolute atomic E-state index is 12.3. The molecule has 3 heterocycles. The van der Waals surface area contributed by atoms with Gasteiger partial charge in [0, 0.05) is 24.2 Å². The van der Waals surface area contributed by atoms with Crippen molar-refractivity contribution in [2.45, 2.75) is 0 Å². The van der Waals surface area contributed by atoms with E-state index in [1.54, 1.807) is 30.7 Å². The Bertz CT molecular complexity index is 858. The summed E-state index contributed by atoms with van der Waals surface area (Å²) in [6, 6.07) is 5.41. The summed E-state index contributed by atoms with van der Waals surface area (Å²) >= 11 is 6.93. The number of hydrogen-bond acceptors (Lipinski definition) is 5. The third-order valence-electron chi connectivity index (χ3n) is 2.62. The maximum atomic E-state index is 12.3. The van der Waals surface area contributed by atoms with Crippen LogP contribution in [0.25, 0.3) is 16.3 Å². The normalized spacial score (nSPS) is 10.4. The Morgan fingerprint density at radius 3 is 3.00 bits per heavy atom. The molecule has 0 saturated heterocycles. The van der Waals surface area contributed by atoms with Crippen LogP contribution < -0.4 is 5.56 Å². The molecule has 3 aromatic rings. The second-order valence-electron chi connectivity index (χ2n) is 3.80. The van der Waals surface area contributed by atoms with Gasteiger partial charge in [-0.15, -0.1) is 0 Å². The van der Waals surface area contributed by atoms with Gasteiger partial charge >= 0.3 is 0 Å². The van der Waals surface area contributed by atoms with Crippen LogP contribution in [-0.4, -0.2) is 19.7 Å². The Morgan fingerprint density at radius 1 is 1.50 bits per heavy atom. The van der Waals surface area contributed by atoms with Crippen LogP contribution in [0.4, 0.5) is 0 Å². The van der Waals surface area contributed by atoms with Crippen LogP contribution in [0.1, 0.15) is 5.69 Å². The lowest BCUT2D eigenvalue weighted by Gasteiger charge is -1.94. The summed E-state index contributed by atoms with van der Waals surface area (Å²) in [4.78, 5) is 20.3. The van der Waals surface area contributed by atoms with Crippen LogP contribution in [0.15, 0.2) is 35.5 Å². The fourth-order valence-electron chi connectivity index (χ4n) is 1.70. The molecule has 0 amide bonds. The predicted octanol–water partition coefficient (Wildman–Crippen LogP) is 2.21. The summed E-state index contributed by atoms with van der Waals surface area (Å²) in [5.74, 6) is 0. The van der Waals surface area contributed by atoms with Crippen molar-refractivity contribution >= 4 is 22.9 Å². The third-order valence-corrected chi connectivity index (χ3v) is 3.86. The minimum absolute atomic E-state index is 0.107. The van der Waals surface area contributed by atoms with Crippen molar-refractivity contribution in [3.63, 3.8) is 0 Å². The van der Waals surface area contributed by atoms with Crippen molar-refractivity contribution in [2.24, 2.45) is 0 Å². The number of hydrogen-bond donors (Lipinski definition) is 1. The first-order valence-corrected chi connectivity index (χ1v) is 6.68. The molecule has 0 aliphatic rings. The van der Waals surface area contributed by atoms with Crippen LogP contribution in [-0.2, 0) is 0 Å². The molecule has 0 fully saturated rings. The van der Waals surface area contributed by atoms with E-state index < -0.39 is 0 Å². The number of halogens is 1. The summed E-state index contributed by atoms with van der Waals surface area (Å²) in [7, 11) is 0. The minimum atomic E-state index is -0.270. The lowest BCUT2D eigenvalue weighted by Crippen LogP contribution is -2.15. The molecule has 0 aliphatic carbocycles. The molecule has 6 nitrogen and oxygen atoms in total. The van der Waals surface area contributed by atoms with Gasteiger partial charge in [-0.25, -0.2) is 4.98 Å². The monoisotopic (exact) mass is 303 g/mol. The first-order chi connectivity index (χ1) is 9.70. The molecule has 0 aromatic carbocycles. The second kappa shape index (κ2) is 4.92. The molecule has 0 atom stereocenters. The number of nitrogens with one attached hydrogen (secondary N) is 1. The van der Waals surface area contributed by atoms with Gasteiger partial charge in [0.25, 0.3) is 5.56 Å². The molecule has 3 aromatic heterocycles. The van der Waals surface area contributed by atoms with Crippen LogP contribution in [0.3, 0.4) is 0 Å². The molecule has 0 saturated carbocycles. The Balaban J connectivity index is 2.11. The zero-order chi connectivity index (χ0) is 14.1. The van der Waals surface area contributed by atoms with Crippen molar-refractivity contribution in [2.75, 3.05) is 0 Å². The van der Waals surface area contributed by atoms with Crippen LogP contribution >= 0.6 is 22.9 Å². The van der Waals surface area contributed by atoms with Gasteiger partial charge in [-0.2, -0.15) is 9.94 Å². The highest BCUT2D eigenvalue weighted by Gasteiger charge is 2.15. The first kappa shape index (κ1) is 12.6. The van der Waals surface area contributed by atoms with E-state index in [0.29, 0.717) is 16.3 Å². The maximum Gasteiger partial charge on any atom is 0.281 e. The average molecular weight is 304 g/mol. The number of nitriles is 1. The Labute approximate surface area is 121 Å². The summed E-state index contributed by atoms with van der Waals surface area (Å²) in [6.07, 6.45) is 4.81. The Morgan fingerprint density at radius 2 is 2.35 bits per heavy atom. The van der Waals surface area contributed by atoms with Gasteiger partial charge < -0.3 is 0 Å². The number of thiazole rings is 1. The van der Waals surface area contributed by atoms with E-state index in [-0.39, 0.29) is 15.6 Å². The zero-order valence-corrected chi connectivity index (χ0v) is 11.4. The number of nitrogens with zero attached hydrogens (tertiary/aromatic N) is 4. The van der Waals surface area contributed by atoms with Gasteiger partial charge in [-0.05, 0) is 6.07 Å². The van der Waals surface area contributed by atoms with E-state index >= 15 is 0 Å². The van der Waals surface area contributed by atoms with E-state index in [4.69, 9.17) is 16.9 Å². The van der Waals surface area contributed by atoms with Crippen LogP contribution in [0, 0.1) is 11.3 Å². The largest absolute Gasteiger partial charge is 0.295 e. The number of aromatic amines is 1. The predicted molar refractivity (Wildman–Crippen MR) is 75.0 cm³/mol. The molecule has 20 heavy (non-hydrogen) atoms. The lowest BCUT2D eigenvalue weighted by molar-refractivity contribution is 0.838. The number of aromatic nitrogens is 4. The quantitative estimate of drug-likeness (QED) is 0.786. The third kappa shape index (κ3) is 2.01. The molecule has 3 rings (SSSR count). The van der Waals surface area contributed by atoms with Gasteiger partial charge in [0.15, 0.2) is 5.69 Å². The Kier molecular flexibility index (Phi) is 3.10. The van der Waals surface area contributed by atoms with Gasteiger partial charge in [0.2, 0.25) is 5.13 Å². The molecule has 8 heteroatoms. The highest BCUT2D eigenvalue weighted by Crippen LogP contribution is 2.25. The van der Waals surface area contributed by atoms with E-state index in [0.717, 1.165) is 11.3 Å². The summed E-state index contributed by atoms with van der Waals surface area (Å²) < 4.78 is 1.51. The lowest BCUT2D eigenvalue weighted by atomic mass is 10.2. The smallest absolute Gasteiger partial charge is 0.281 e. The van der Waals surface area contributed by atoms with Crippen molar-refractivity contribution in [3.05, 3.63) is 51.1 Å². The number of rotatable bonds is 2. The molecule has 0 radical (unpaired) electrons. The number of H-pyrrole nitrogens is 1. The van der Waals surface area contributed by atoms with Crippen molar-refractivity contribution in [1.29, 1.82) is 5.26 Å². The number of pyridine rings is 1. The molecular formula is C12H6ClN5OS. The molecule has 0 spiro atoms. The molecular weight excluding hydrogens is 298 g/mol. The van der Waals surface area contributed by atoms with Gasteiger partial charge in [0.1, 0.15) is 10.4 Å². The molecule has 1 N–H and O–H groups in total. The highest BCUT2D eigenvalue weighted by molar-refractivity contribution is 7.18. The standard InChI is InChI=1S/C12H6ClN5OS/c13-10-9(4-14)17-12(20-10)18-11(19)8(6-16-18)7-2-1-3-15-5-7/h1-3,5-6,16H. The van der Waals surface area contributed by atoms with Crippen molar-refractivity contribution in [1.82, 2.24) is 19.7 Å². The molecule has 0 unspecified atom stereocenters. The van der Waals surface area contributed by atoms with Gasteiger partial charge in [-0.3, -0.25) is 14.9 Å².